The Morgan fingerprint density at radius 3 is 2.27 bits per heavy atom. The number of hydrogen-bond donors (Lipinski definition) is 1. The Labute approximate surface area is 154 Å². The molecule has 0 aliphatic carbocycles. The van der Waals surface area contributed by atoms with E-state index in [-0.39, 0.29) is 10.9 Å². The number of nitrogens with one attached hydrogen (secondary N) is 1. The smallest absolute Gasteiger partial charge is 0.241 e. The van der Waals surface area contributed by atoms with Crippen LogP contribution in [0.5, 0.6) is 5.75 Å². The highest BCUT2D eigenvalue weighted by Gasteiger charge is 2.18. The molecule has 0 aliphatic heterocycles. The number of hydrogen-bond acceptors (Lipinski definition) is 3. The van der Waals surface area contributed by atoms with Crippen molar-refractivity contribution in [2.45, 2.75) is 31.2 Å². The van der Waals surface area contributed by atoms with Crippen LogP contribution >= 0.6 is 0 Å². The maximum atomic E-state index is 12.8. The van der Waals surface area contributed by atoms with Crippen LogP contribution in [0.3, 0.4) is 0 Å². The van der Waals surface area contributed by atoms with Crippen LogP contribution in [-0.2, 0) is 16.4 Å². The first kappa shape index (κ1) is 18.4. The number of benzene rings is 3. The van der Waals surface area contributed by atoms with Gasteiger partial charge in [0.15, 0.2) is 0 Å². The van der Waals surface area contributed by atoms with Gasteiger partial charge in [0.05, 0.1) is 12.0 Å². The zero-order valence-electron chi connectivity index (χ0n) is 15.2. The Kier molecular flexibility index (Phi) is 5.30. The molecular weight excluding hydrogens is 346 g/mol. The summed E-state index contributed by atoms with van der Waals surface area (Å²) in [7, 11) is -2.00. The third-order valence-corrected chi connectivity index (χ3v) is 6.09. The van der Waals surface area contributed by atoms with Crippen molar-refractivity contribution in [3.05, 3.63) is 71.8 Å². The number of sulfonamides is 1. The molecule has 3 aromatic carbocycles. The lowest BCUT2D eigenvalue weighted by molar-refractivity contribution is 0.415. The normalized spacial score (nSPS) is 12.9. The lowest BCUT2D eigenvalue weighted by atomic mass is 10.1. The average molecular weight is 369 g/mol. The first-order chi connectivity index (χ1) is 12.4. The van der Waals surface area contributed by atoms with Crippen LogP contribution in [0, 0.1) is 0 Å². The zero-order chi connectivity index (χ0) is 18.7. The molecule has 0 saturated carbocycles. The molecule has 0 spiro atoms. The Hall–Kier alpha value is -2.37. The molecule has 5 heteroatoms. The second kappa shape index (κ2) is 7.48. The van der Waals surface area contributed by atoms with Crippen LogP contribution in [0.4, 0.5) is 0 Å². The summed E-state index contributed by atoms with van der Waals surface area (Å²) in [5, 5.41) is 1.79. The molecule has 0 heterocycles. The molecule has 0 bridgehead atoms. The summed E-state index contributed by atoms with van der Waals surface area (Å²) in [6.07, 6.45) is 0.961. The number of aryl methyl sites for hydroxylation is 1. The van der Waals surface area contributed by atoms with Gasteiger partial charge in [-0.15, -0.1) is 0 Å². The van der Waals surface area contributed by atoms with Gasteiger partial charge in [0, 0.05) is 6.04 Å². The SMILES string of the molecule is CCc1ccc([C@@H](C)NS(=O)(=O)c2ccc3cc(OC)ccc3c2)cc1. The first-order valence-corrected chi connectivity index (χ1v) is 10.1. The molecule has 0 aliphatic rings. The van der Waals surface area contributed by atoms with Gasteiger partial charge in [-0.25, -0.2) is 13.1 Å². The molecule has 136 valence electrons. The quantitative estimate of drug-likeness (QED) is 0.698. The van der Waals surface area contributed by atoms with Crippen LogP contribution in [-0.4, -0.2) is 15.5 Å². The Bertz CT molecular complexity index is 1010. The third kappa shape index (κ3) is 3.89. The van der Waals surface area contributed by atoms with E-state index in [0.29, 0.717) is 0 Å². The lowest BCUT2D eigenvalue weighted by Gasteiger charge is -2.15. The predicted molar refractivity (Wildman–Crippen MR) is 105 cm³/mol. The fourth-order valence-electron chi connectivity index (χ4n) is 2.91. The summed E-state index contributed by atoms with van der Waals surface area (Å²) < 4.78 is 33.5. The molecule has 4 nitrogen and oxygen atoms in total. The van der Waals surface area contributed by atoms with E-state index >= 15 is 0 Å². The van der Waals surface area contributed by atoms with E-state index in [1.54, 1.807) is 25.3 Å². The van der Waals surface area contributed by atoms with Crippen LogP contribution < -0.4 is 9.46 Å². The standard InChI is InChI=1S/C21H23NO3S/c1-4-16-5-7-17(8-6-16)15(2)22-26(23,24)21-12-10-18-13-20(25-3)11-9-19(18)14-21/h5-15,22H,4H2,1-3H3/t15-/m1/s1. The molecule has 0 fully saturated rings. The van der Waals surface area contributed by atoms with Gasteiger partial charge in [-0.05, 0) is 59.5 Å². The maximum Gasteiger partial charge on any atom is 0.241 e. The minimum absolute atomic E-state index is 0.257. The maximum absolute atomic E-state index is 12.8. The van der Waals surface area contributed by atoms with E-state index in [1.807, 2.05) is 49.4 Å². The number of fused-ring (bicyclic) bond motifs is 1. The van der Waals surface area contributed by atoms with Gasteiger partial charge in [-0.1, -0.05) is 43.3 Å². The first-order valence-electron chi connectivity index (χ1n) is 8.62. The number of methoxy groups -OCH3 is 1. The predicted octanol–water partition coefficient (Wildman–Crippen LogP) is 4.45. The number of ether oxygens (including phenoxy) is 1. The summed E-state index contributed by atoms with van der Waals surface area (Å²) in [5.74, 6) is 0.746. The van der Waals surface area contributed by atoms with Crippen LogP contribution in [0.15, 0.2) is 65.6 Å². The van der Waals surface area contributed by atoms with Gasteiger partial charge in [0.1, 0.15) is 5.75 Å². The van der Waals surface area contributed by atoms with Crippen molar-refractivity contribution in [3.63, 3.8) is 0 Å². The third-order valence-electron chi connectivity index (χ3n) is 4.55. The minimum Gasteiger partial charge on any atom is -0.497 e. The van der Waals surface area contributed by atoms with Gasteiger partial charge in [-0.3, -0.25) is 0 Å². The van der Waals surface area contributed by atoms with Gasteiger partial charge < -0.3 is 4.74 Å². The fourth-order valence-corrected chi connectivity index (χ4v) is 4.17. The topological polar surface area (TPSA) is 55.4 Å². The summed E-state index contributed by atoms with van der Waals surface area (Å²) >= 11 is 0. The van der Waals surface area contributed by atoms with E-state index < -0.39 is 10.0 Å². The molecular formula is C21H23NO3S. The Balaban J connectivity index is 1.85. The van der Waals surface area contributed by atoms with E-state index in [2.05, 4.69) is 11.6 Å². The van der Waals surface area contributed by atoms with Gasteiger partial charge >= 0.3 is 0 Å². The zero-order valence-corrected chi connectivity index (χ0v) is 16.0. The lowest BCUT2D eigenvalue weighted by Crippen LogP contribution is -2.26. The van der Waals surface area contributed by atoms with E-state index in [4.69, 9.17) is 4.74 Å². The highest BCUT2D eigenvalue weighted by Crippen LogP contribution is 2.25. The molecule has 0 saturated heterocycles. The number of rotatable bonds is 6. The molecule has 0 radical (unpaired) electrons. The Morgan fingerprint density at radius 1 is 0.962 bits per heavy atom. The summed E-state index contributed by atoms with van der Waals surface area (Å²) in [6.45, 7) is 3.95. The highest BCUT2D eigenvalue weighted by atomic mass is 32.2. The summed E-state index contributed by atoms with van der Waals surface area (Å²) in [4.78, 5) is 0.257. The van der Waals surface area contributed by atoms with Crippen LogP contribution in [0.2, 0.25) is 0 Å². The van der Waals surface area contributed by atoms with Crippen molar-refractivity contribution in [1.82, 2.24) is 4.72 Å². The van der Waals surface area contributed by atoms with Crippen molar-refractivity contribution in [2.75, 3.05) is 7.11 Å². The van der Waals surface area contributed by atoms with Crippen molar-refractivity contribution in [1.29, 1.82) is 0 Å². The second-order valence-corrected chi connectivity index (χ2v) is 8.03. The van der Waals surface area contributed by atoms with Gasteiger partial charge in [0.2, 0.25) is 10.0 Å². The minimum atomic E-state index is -3.61. The van der Waals surface area contributed by atoms with Crippen molar-refractivity contribution < 1.29 is 13.2 Å². The highest BCUT2D eigenvalue weighted by molar-refractivity contribution is 7.89. The molecule has 0 unspecified atom stereocenters. The molecule has 3 aromatic rings. The van der Waals surface area contributed by atoms with E-state index in [9.17, 15) is 8.42 Å². The average Bonchev–Trinajstić information content (AvgIpc) is 2.66. The molecule has 26 heavy (non-hydrogen) atoms. The van der Waals surface area contributed by atoms with E-state index in [1.165, 1.54) is 5.56 Å². The van der Waals surface area contributed by atoms with Crippen LogP contribution in [0.25, 0.3) is 10.8 Å². The molecule has 1 atom stereocenters. The van der Waals surface area contributed by atoms with Gasteiger partial charge in [0.25, 0.3) is 0 Å². The molecule has 1 N–H and O–H groups in total. The van der Waals surface area contributed by atoms with Crippen molar-refractivity contribution in [2.24, 2.45) is 0 Å². The molecule has 0 amide bonds. The molecule has 3 rings (SSSR count). The molecule has 0 aromatic heterocycles. The Morgan fingerprint density at radius 2 is 1.62 bits per heavy atom. The van der Waals surface area contributed by atoms with E-state index in [0.717, 1.165) is 28.5 Å². The van der Waals surface area contributed by atoms with Crippen LogP contribution in [0.1, 0.15) is 31.0 Å². The largest absolute Gasteiger partial charge is 0.497 e. The summed E-state index contributed by atoms with van der Waals surface area (Å²) in [5.41, 5.74) is 2.17. The fraction of sp³-hybridized carbons (Fsp3) is 0.238. The van der Waals surface area contributed by atoms with Crippen molar-refractivity contribution in [3.8, 4) is 5.75 Å². The monoisotopic (exact) mass is 369 g/mol. The van der Waals surface area contributed by atoms with Gasteiger partial charge in [-0.2, -0.15) is 0 Å². The summed E-state index contributed by atoms with van der Waals surface area (Å²) in [6, 6.07) is 18.4. The van der Waals surface area contributed by atoms with Crippen molar-refractivity contribution >= 4 is 20.8 Å². The second-order valence-electron chi connectivity index (χ2n) is 6.31.